The van der Waals surface area contributed by atoms with E-state index in [1.54, 1.807) is 6.20 Å². The Bertz CT molecular complexity index is 215. The lowest BCUT2D eigenvalue weighted by Crippen LogP contribution is -2.22. The molecule has 0 spiro atoms. The normalized spacial score (nSPS) is 12.1. The standard InChI is InChI=1S/C10H15NO2/c1-4-6-9(5-2)11-8-7-10(12)13-3/h1,7-9,11H,5-6H2,2-3H3/b8-7+. The second-order valence-electron chi connectivity index (χ2n) is 2.54. The maximum atomic E-state index is 10.7. The van der Waals surface area contributed by atoms with E-state index in [9.17, 15) is 4.79 Å². The van der Waals surface area contributed by atoms with Crippen LogP contribution in [-0.2, 0) is 9.53 Å². The number of hydrogen-bond acceptors (Lipinski definition) is 3. The van der Waals surface area contributed by atoms with Crippen LogP contribution in [0.5, 0.6) is 0 Å². The lowest BCUT2D eigenvalue weighted by atomic mass is 10.2. The van der Waals surface area contributed by atoms with E-state index in [1.165, 1.54) is 13.2 Å². The molecule has 0 bridgehead atoms. The SMILES string of the molecule is C#CCC(CC)N/C=C/C(=O)OC. The van der Waals surface area contributed by atoms with Gasteiger partial charge in [0.05, 0.1) is 7.11 Å². The summed E-state index contributed by atoms with van der Waals surface area (Å²) in [6.45, 7) is 2.03. The quantitative estimate of drug-likeness (QED) is 0.391. The zero-order valence-corrected chi connectivity index (χ0v) is 8.04. The fourth-order valence-corrected chi connectivity index (χ4v) is 0.784. The highest BCUT2D eigenvalue weighted by Gasteiger charge is 1.99. The van der Waals surface area contributed by atoms with Gasteiger partial charge in [0, 0.05) is 24.7 Å². The minimum atomic E-state index is -0.372. The summed E-state index contributed by atoms with van der Waals surface area (Å²) in [6.07, 6.45) is 9.64. The van der Waals surface area contributed by atoms with E-state index in [-0.39, 0.29) is 12.0 Å². The van der Waals surface area contributed by atoms with E-state index in [2.05, 4.69) is 16.0 Å². The molecular weight excluding hydrogens is 166 g/mol. The largest absolute Gasteiger partial charge is 0.466 e. The number of nitrogens with one attached hydrogen (secondary N) is 1. The van der Waals surface area contributed by atoms with Gasteiger partial charge >= 0.3 is 5.97 Å². The second-order valence-corrected chi connectivity index (χ2v) is 2.54. The molecule has 1 unspecified atom stereocenters. The Morgan fingerprint density at radius 3 is 2.92 bits per heavy atom. The van der Waals surface area contributed by atoms with Crippen LogP contribution in [0.1, 0.15) is 19.8 Å². The molecule has 0 aliphatic rings. The number of esters is 1. The number of carbonyl (C=O) groups excluding carboxylic acids is 1. The van der Waals surface area contributed by atoms with Gasteiger partial charge in [-0.3, -0.25) is 0 Å². The third kappa shape index (κ3) is 5.80. The van der Waals surface area contributed by atoms with Crippen LogP contribution in [0.2, 0.25) is 0 Å². The van der Waals surface area contributed by atoms with Gasteiger partial charge in [0.2, 0.25) is 0 Å². The molecular formula is C10H15NO2. The number of hydrogen-bond donors (Lipinski definition) is 1. The average Bonchev–Trinajstić information content (AvgIpc) is 2.16. The van der Waals surface area contributed by atoms with Gasteiger partial charge in [-0.1, -0.05) is 6.92 Å². The second kappa shape index (κ2) is 7.23. The van der Waals surface area contributed by atoms with Gasteiger partial charge in [-0.25, -0.2) is 4.79 Å². The Morgan fingerprint density at radius 1 is 1.77 bits per heavy atom. The molecule has 0 saturated heterocycles. The van der Waals surface area contributed by atoms with Crippen molar-refractivity contribution < 1.29 is 9.53 Å². The molecule has 0 aromatic heterocycles. The summed E-state index contributed by atoms with van der Waals surface area (Å²) in [7, 11) is 1.34. The van der Waals surface area contributed by atoms with Gasteiger partial charge in [0.15, 0.2) is 0 Å². The molecule has 0 radical (unpaired) electrons. The fraction of sp³-hybridized carbons (Fsp3) is 0.500. The third-order valence-corrected chi connectivity index (χ3v) is 1.61. The van der Waals surface area contributed by atoms with Gasteiger partial charge in [0.25, 0.3) is 0 Å². The molecule has 0 fully saturated rings. The van der Waals surface area contributed by atoms with Crippen molar-refractivity contribution in [2.75, 3.05) is 7.11 Å². The fourth-order valence-electron chi connectivity index (χ4n) is 0.784. The molecule has 13 heavy (non-hydrogen) atoms. The van der Waals surface area contributed by atoms with Crippen molar-refractivity contribution in [3.63, 3.8) is 0 Å². The predicted octanol–water partition coefficient (Wildman–Crippen LogP) is 1.06. The molecule has 0 heterocycles. The van der Waals surface area contributed by atoms with Gasteiger partial charge < -0.3 is 10.1 Å². The highest BCUT2D eigenvalue weighted by atomic mass is 16.5. The molecule has 0 rings (SSSR count). The van der Waals surface area contributed by atoms with Crippen LogP contribution in [0.4, 0.5) is 0 Å². The van der Waals surface area contributed by atoms with Gasteiger partial charge in [-0.2, -0.15) is 0 Å². The summed E-state index contributed by atoms with van der Waals surface area (Å²) in [5.41, 5.74) is 0. The smallest absolute Gasteiger partial charge is 0.331 e. The van der Waals surface area contributed by atoms with Crippen molar-refractivity contribution in [2.45, 2.75) is 25.8 Å². The first kappa shape index (κ1) is 11.6. The Kier molecular flexibility index (Phi) is 6.44. The summed E-state index contributed by atoms with van der Waals surface area (Å²) < 4.78 is 4.42. The third-order valence-electron chi connectivity index (χ3n) is 1.61. The molecule has 1 N–H and O–H groups in total. The number of terminal acetylenes is 1. The van der Waals surface area contributed by atoms with Crippen LogP contribution < -0.4 is 5.32 Å². The van der Waals surface area contributed by atoms with Crippen molar-refractivity contribution in [1.29, 1.82) is 0 Å². The zero-order chi connectivity index (χ0) is 10.1. The summed E-state index contributed by atoms with van der Waals surface area (Å²) in [5.74, 6) is 2.19. The first-order chi connectivity index (χ1) is 6.24. The van der Waals surface area contributed by atoms with Crippen LogP contribution in [0.15, 0.2) is 12.3 Å². The van der Waals surface area contributed by atoms with E-state index < -0.39 is 0 Å². The maximum Gasteiger partial charge on any atom is 0.331 e. The Labute approximate surface area is 79.2 Å². The van der Waals surface area contributed by atoms with Crippen molar-refractivity contribution in [2.24, 2.45) is 0 Å². The average molecular weight is 181 g/mol. The Morgan fingerprint density at radius 2 is 2.46 bits per heavy atom. The van der Waals surface area contributed by atoms with Crippen molar-refractivity contribution in [3.8, 4) is 12.3 Å². The van der Waals surface area contributed by atoms with E-state index >= 15 is 0 Å². The summed E-state index contributed by atoms with van der Waals surface area (Å²) in [6, 6.07) is 0.228. The minimum absolute atomic E-state index is 0.228. The highest BCUT2D eigenvalue weighted by Crippen LogP contribution is 1.95. The van der Waals surface area contributed by atoms with Crippen LogP contribution in [0.3, 0.4) is 0 Å². The van der Waals surface area contributed by atoms with Gasteiger partial charge in [-0.15, -0.1) is 12.3 Å². The molecule has 0 aromatic carbocycles. The molecule has 3 heteroatoms. The van der Waals surface area contributed by atoms with E-state index in [0.29, 0.717) is 6.42 Å². The molecule has 1 atom stereocenters. The van der Waals surface area contributed by atoms with Gasteiger partial charge in [0.1, 0.15) is 0 Å². The van der Waals surface area contributed by atoms with E-state index in [4.69, 9.17) is 6.42 Å². The van der Waals surface area contributed by atoms with Crippen LogP contribution >= 0.6 is 0 Å². The van der Waals surface area contributed by atoms with E-state index in [0.717, 1.165) is 6.42 Å². The topological polar surface area (TPSA) is 38.3 Å². The van der Waals surface area contributed by atoms with Crippen molar-refractivity contribution in [3.05, 3.63) is 12.3 Å². The van der Waals surface area contributed by atoms with Crippen molar-refractivity contribution in [1.82, 2.24) is 5.32 Å². The summed E-state index contributed by atoms with van der Waals surface area (Å²) in [4.78, 5) is 10.7. The number of methoxy groups -OCH3 is 1. The molecule has 0 amide bonds. The number of ether oxygens (including phenoxy) is 1. The number of rotatable bonds is 5. The monoisotopic (exact) mass is 181 g/mol. The first-order valence-electron chi connectivity index (χ1n) is 4.18. The first-order valence-corrected chi connectivity index (χ1v) is 4.18. The molecule has 0 aromatic rings. The summed E-state index contributed by atoms with van der Waals surface area (Å²) >= 11 is 0. The molecule has 72 valence electrons. The molecule has 0 saturated carbocycles. The lowest BCUT2D eigenvalue weighted by molar-refractivity contribution is -0.134. The van der Waals surface area contributed by atoms with Crippen LogP contribution in [0.25, 0.3) is 0 Å². The van der Waals surface area contributed by atoms with Gasteiger partial charge in [-0.05, 0) is 6.42 Å². The summed E-state index contributed by atoms with van der Waals surface area (Å²) in [5, 5.41) is 3.01. The molecule has 0 aliphatic carbocycles. The zero-order valence-electron chi connectivity index (χ0n) is 8.04. The highest BCUT2D eigenvalue weighted by molar-refractivity contribution is 5.81. The van der Waals surface area contributed by atoms with Crippen LogP contribution in [0, 0.1) is 12.3 Å². The van der Waals surface area contributed by atoms with Crippen LogP contribution in [-0.4, -0.2) is 19.1 Å². The minimum Gasteiger partial charge on any atom is -0.466 e. The van der Waals surface area contributed by atoms with E-state index in [1.807, 2.05) is 6.92 Å². The maximum absolute atomic E-state index is 10.7. The molecule has 0 aliphatic heterocycles. The predicted molar refractivity (Wildman–Crippen MR) is 51.8 cm³/mol. The Balaban J connectivity index is 3.78. The Hall–Kier alpha value is -1.43. The lowest BCUT2D eigenvalue weighted by Gasteiger charge is -2.10. The van der Waals surface area contributed by atoms with Crippen molar-refractivity contribution >= 4 is 5.97 Å². The molecule has 3 nitrogen and oxygen atoms in total. The number of carbonyl (C=O) groups is 1.